The summed E-state index contributed by atoms with van der Waals surface area (Å²) in [5.74, 6) is 0.410. The van der Waals surface area contributed by atoms with Crippen molar-refractivity contribution in [3.63, 3.8) is 0 Å². The summed E-state index contributed by atoms with van der Waals surface area (Å²) in [5.41, 5.74) is 3.66. The topological polar surface area (TPSA) is 67.4 Å². The van der Waals surface area contributed by atoms with Gasteiger partial charge in [0.2, 0.25) is 0 Å². The molecule has 1 aliphatic heterocycles. The Morgan fingerprint density at radius 2 is 1.94 bits per heavy atom. The maximum Gasteiger partial charge on any atom is 0.251 e. The summed E-state index contributed by atoms with van der Waals surface area (Å²) in [4.78, 5) is 27.0. The van der Waals surface area contributed by atoms with Crippen molar-refractivity contribution in [1.82, 2.24) is 10.6 Å². The van der Waals surface area contributed by atoms with E-state index in [0.717, 1.165) is 35.4 Å². The molecule has 2 N–H and O–H groups in total. The summed E-state index contributed by atoms with van der Waals surface area (Å²) in [6.45, 7) is 4.78. The minimum Gasteiger partial charge on any atom is -0.497 e. The highest BCUT2D eigenvalue weighted by Gasteiger charge is 2.28. The first-order valence-corrected chi connectivity index (χ1v) is 11.8. The molecule has 0 atom stereocenters. The highest BCUT2D eigenvalue weighted by atomic mass is 32.1. The SMILES string of the molecule is COc1ccc2c(c1)/C(=C/C(=O)c1cccc(C(=O)NCCc3cccs3)c1)NC(C)(C)C2. The number of nitrogens with one attached hydrogen (secondary N) is 2. The van der Waals surface area contributed by atoms with Gasteiger partial charge in [0.15, 0.2) is 5.78 Å². The zero-order valence-corrected chi connectivity index (χ0v) is 19.9. The van der Waals surface area contributed by atoms with Gasteiger partial charge in [-0.15, -0.1) is 11.3 Å². The first kappa shape index (κ1) is 22.8. The normalized spacial score (nSPS) is 15.4. The maximum atomic E-state index is 13.2. The van der Waals surface area contributed by atoms with E-state index in [2.05, 4.69) is 36.6 Å². The van der Waals surface area contributed by atoms with Gasteiger partial charge in [0, 0.05) is 45.4 Å². The van der Waals surface area contributed by atoms with Crippen LogP contribution in [0.3, 0.4) is 0 Å². The third-order valence-electron chi connectivity index (χ3n) is 5.63. The quantitative estimate of drug-likeness (QED) is 0.390. The average Bonchev–Trinajstić information content (AvgIpc) is 3.31. The van der Waals surface area contributed by atoms with E-state index < -0.39 is 0 Å². The molecule has 5 nitrogen and oxygen atoms in total. The number of allylic oxidation sites excluding steroid dienone is 1. The molecular formula is C27H28N2O3S. The fourth-order valence-corrected chi connectivity index (χ4v) is 4.75. The molecule has 2 aromatic carbocycles. The number of amides is 1. The Labute approximate surface area is 198 Å². The van der Waals surface area contributed by atoms with Gasteiger partial charge in [0.1, 0.15) is 5.75 Å². The van der Waals surface area contributed by atoms with E-state index >= 15 is 0 Å². The molecule has 33 heavy (non-hydrogen) atoms. The summed E-state index contributed by atoms with van der Waals surface area (Å²) in [5, 5.41) is 8.45. The standard InChI is InChI=1S/C27H28N2O3S/c1-27(2)17-20-9-10-21(32-3)15-23(20)24(29-27)16-25(30)18-6-4-7-19(14-18)26(31)28-12-11-22-8-5-13-33-22/h4-10,13-16,29H,11-12,17H2,1-3H3,(H,28,31)/b24-16-. The van der Waals surface area contributed by atoms with Crippen LogP contribution in [0.2, 0.25) is 0 Å². The fraction of sp³-hybridized carbons (Fsp3) is 0.259. The van der Waals surface area contributed by atoms with Gasteiger partial charge in [-0.1, -0.05) is 24.3 Å². The van der Waals surface area contributed by atoms with Crippen molar-refractivity contribution in [2.75, 3.05) is 13.7 Å². The minimum absolute atomic E-state index is 0.155. The van der Waals surface area contributed by atoms with Crippen LogP contribution in [0, 0.1) is 0 Å². The van der Waals surface area contributed by atoms with Gasteiger partial charge < -0.3 is 15.4 Å². The Morgan fingerprint density at radius 3 is 2.70 bits per heavy atom. The predicted octanol–water partition coefficient (Wildman–Crippen LogP) is 4.88. The second kappa shape index (κ2) is 9.63. The van der Waals surface area contributed by atoms with Crippen LogP contribution in [0.15, 0.2) is 66.1 Å². The molecule has 3 aromatic rings. The van der Waals surface area contributed by atoms with Crippen molar-refractivity contribution < 1.29 is 14.3 Å². The Bertz CT molecular complexity index is 1200. The predicted molar refractivity (Wildman–Crippen MR) is 133 cm³/mol. The van der Waals surface area contributed by atoms with Crippen molar-refractivity contribution in [3.8, 4) is 5.75 Å². The Hall–Kier alpha value is -3.38. The number of methoxy groups -OCH3 is 1. The van der Waals surface area contributed by atoms with Crippen molar-refractivity contribution in [3.05, 3.63) is 93.2 Å². The Morgan fingerprint density at radius 1 is 1.12 bits per heavy atom. The number of ketones is 1. The molecule has 1 aliphatic rings. The summed E-state index contributed by atoms with van der Waals surface area (Å²) in [7, 11) is 1.63. The number of thiophene rings is 1. The lowest BCUT2D eigenvalue weighted by atomic mass is 9.85. The summed E-state index contributed by atoms with van der Waals surface area (Å²) in [6, 6.07) is 16.9. The lowest BCUT2D eigenvalue weighted by Gasteiger charge is -2.35. The van der Waals surface area contributed by atoms with Crippen LogP contribution in [0.5, 0.6) is 5.75 Å². The van der Waals surface area contributed by atoms with Gasteiger partial charge in [-0.25, -0.2) is 0 Å². The number of carbonyl (C=O) groups is 2. The summed E-state index contributed by atoms with van der Waals surface area (Å²) < 4.78 is 5.38. The van der Waals surface area contributed by atoms with Crippen LogP contribution in [0.4, 0.5) is 0 Å². The number of hydrogen-bond acceptors (Lipinski definition) is 5. The maximum absolute atomic E-state index is 13.2. The molecule has 1 aromatic heterocycles. The molecule has 6 heteroatoms. The number of hydrogen-bond donors (Lipinski definition) is 2. The summed E-state index contributed by atoms with van der Waals surface area (Å²) >= 11 is 1.67. The molecule has 0 radical (unpaired) electrons. The molecule has 1 amide bonds. The lowest BCUT2D eigenvalue weighted by molar-refractivity contribution is 0.0954. The number of ether oxygens (including phenoxy) is 1. The lowest BCUT2D eigenvalue weighted by Crippen LogP contribution is -2.43. The molecule has 0 fully saturated rings. The van der Waals surface area contributed by atoms with E-state index in [9.17, 15) is 9.59 Å². The van der Waals surface area contributed by atoms with Crippen LogP contribution in [0.1, 0.15) is 50.6 Å². The molecule has 0 aliphatic carbocycles. The van der Waals surface area contributed by atoms with Crippen LogP contribution >= 0.6 is 11.3 Å². The second-order valence-electron chi connectivity index (χ2n) is 8.80. The number of benzene rings is 2. The molecule has 0 saturated heterocycles. The van der Waals surface area contributed by atoms with Gasteiger partial charge in [-0.3, -0.25) is 9.59 Å². The third-order valence-corrected chi connectivity index (χ3v) is 6.57. The van der Waals surface area contributed by atoms with Crippen LogP contribution in [-0.4, -0.2) is 30.9 Å². The zero-order chi connectivity index (χ0) is 23.4. The van der Waals surface area contributed by atoms with Crippen molar-refractivity contribution in [2.24, 2.45) is 0 Å². The van der Waals surface area contributed by atoms with E-state index in [1.54, 1.807) is 48.8 Å². The van der Waals surface area contributed by atoms with Gasteiger partial charge >= 0.3 is 0 Å². The Balaban J connectivity index is 1.53. The zero-order valence-electron chi connectivity index (χ0n) is 19.1. The molecule has 0 spiro atoms. The molecule has 2 heterocycles. The van der Waals surface area contributed by atoms with E-state index in [4.69, 9.17) is 4.74 Å². The number of fused-ring (bicyclic) bond motifs is 1. The van der Waals surface area contributed by atoms with Gasteiger partial charge in [0.05, 0.1) is 7.11 Å². The minimum atomic E-state index is -0.183. The first-order chi connectivity index (χ1) is 15.8. The molecule has 0 bridgehead atoms. The molecular weight excluding hydrogens is 432 g/mol. The number of carbonyl (C=O) groups excluding carboxylic acids is 2. The van der Waals surface area contributed by atoms with E-state index in [0.29, 0.717) is 17.7 Å². The van der Waals surface area contributed by atoms with Gasteiger partial charge in [0.25, 0.3) is 5.91 Å². The van der Waals surface area contributed by atoms with Crippen LogP contribution < -0.4 is 15.4 Å². The fourth-order valence-electron chi connectivity index (χ4n) is 4.04. The molecule has 0 unspecified atom stereocenters. The largest absolute Gasteiger partial charge is 0.497 e. The molecule has 0 saturated carbocycles. The monoisotopic (exact) mass is 460 g/mol. The smallest absolute Gasteiger partial charge is 0.251 e. The van der Waals surface area contributed by atoms with E-state index in [-0.39, 0.29) is 17.2 Å². The number of rotatable bonds is 7. The van der Waals surface area contributed by atoms with E-state index in [1.807, 2.05) is 23.6 Å². The van der Waals surface area contributed by atoms with Crippen molar-refractivity contribution >= 4 is 28.7 Å². The summed E-state index contributed by atoms with van der Waals surface area (Å²) in [6.07, 6.45) is 3.25. The average molecular weight is 461 g/mol. The molecule has 4 rings (SSSR count). The van der Waals surface area contributed by atoms with Crippen molar-refractivity contribution in [1.29, 1.82) is 0 Å². The van der Waals surface area contributed by atoms with E-state index in [1.165, 1.54) is 4.88 Å². The Kier molecular flexibility index (Phi) is 6.65. The first-order valence-electron chi connectivity index (χ1n) is 11.0. The van der Waals surface area contributed by atoms with Crippen molar-refractivity contribution in [2.45, 2.75) is 32.2 Å². The highest BCUT2D eigenvalue weighted by molar-refractivity contribution is 7.09. The molecule has 170 valence electrons. The van der Waals surface area contributed by atoms with Crippen LogP contribution in [0.25, 0.3) is 5.70 Å². The highest BCUT2D eigenvalue weighted by Crippen LogP contribution is 2.32. The van der Waals surface area contributed by atoms with Gasteiger partial charge in [-0.2, -0.15) is 0 Å². The van der Waals surface area contributed by atoms with Crippen LogP contribution in [-0.2, 0) is 12.8 Å². The van der Waals surface area contributed by atoms with Gasteiger partial charge in [-0.05, 0) is 68.0 Å². The third kappa shape index (κ3) is 5.52. The second-order valence-corrected chi connectivity index (χ2v) is 9.83.